The van der Waals surface area contributed by atoms with Crippen molar-refractivity contribution in [2.75, 3.05) is 52.6 Å². The fourth-order valence-electron chi connectivity index (χ4n) is 2.81. The lowest BCUT2D eigenvalue weighted by molar-refractivity contribution is -0.164. The van der Waals surface area contributed by atoms with E-state index in [0.29, 0.717) is 25.2 Å². The van der Waals surface area contributed by atoms with Crippen LogP contribution in [0.3, 0.4) is 0 Å². The predicted molar refractivity (Wildman–Crippen MR) is 99.4 cm³/mol. The second kappa shape index (κ2) is 10.2. The van der Waals surface area contributed by atoms with Gasteiger partial charge in [0.2, 0.25) is 0 Å². The SMILES string of the molecule is CC(=O)OCC(CO)(COC(=O)CCN1CC1C)COC(=O)CCN1CC1C. The summed E-state index contributed by atoms with van der Waals surface area (Å²) in [6.07, 6.45) is 0.487. The van der Waals surface area contributed by atoms with Gasteiger partial charge in [0.1, 0.15) is 19.8 Å². The van der Waals surface area contributed by atoms with E-state index in [0.717, 1.165) is 13.1 Å². The smallest absolute Gasteiger partial charge is 0.307 e. The molecule has 0 radical (unpaired) electrons. The van der Waals surface area contributed by atoms with E-state index < -0.39 is 29.9 Å². The summed E-state index contributed by atoms with van der Waals surface area (Å²) in [4.78, 5) is 39.4. The Kier molecular flexibility index (Phi) is 8.21. The average molecular weight is 400 g/mol. The Morgan fingerprint density at radius 1 is 0.893 bits per heavy atom. The zero-order valence-electron chi connectivity index (χ0n) is 17.0. The molecule has 0 bridgehead atoms. The van der Waals surface area contributed by atoms with E-state index in [2.05, 4.69) is 23.6 Å². The first kappa shape index (κ1) is 22.6. The molecule has 0 aliphatic carbocycles. The van der Waals surface area contributed by atoms with Crippen LogP contribution < -0.4 is 0 Å². The van der Waals surface area contributed by atoms with Crippen LogP contribution in [-0.2, 0) is 28.6 Å². The van der Waals surface area contributed by atoms with Gasteiger partial charge in [-0.05, 0) is 13.8 Å². The number of carbonyl (C=O) groups is 3. The summed E-state index contributed by atoms with van der Waals surface area (Å²) in [6, 6.07) is 1.00. The topological polar surface area (TPSA) is 105 Å². The van der Waals surface area contributed by atoms with Crippen molar-refractivity contribution in [3.63, 3.8) is 0 Å². The maximum absolute atomic E-state index is 12.0. The van der Waals surface area contributed by atoms with E-state index in [-0.39, 0.29) is 32.7 Å². The fourth-order valence-corrected chi connectivity index (χ4v) is 2.81. The highest BCUT2D eigenvalue weighted by Crippen LogP contribution is 2.21. The summed E-state index contributed by atoms with van der Waals surface area (Å²) in [5.41, 5.74) is -1.17. The van der Waals surface area contributed by atoms with E-state index in [1.165, 1.54) is 6.92 Å². The Bertz CT molecular complexity index is 532. The molecule has 9 heteroatoms. The van der Waals surface area contributed by atoms with E-state index >= 15 is 0 Å². The number of aliphatic hydroxyl groups excluding tert-OH is 1. The predicted octanol–water partition coefficient (Wildman–Crippen LogP) is -0.197. The highest BCUT2D eigenvalue weighted by atomic mass is 16.6. The second-order valence-electron chi connectivity index (χ2n) is 7.95. The molecule has 4 unspecified atom stereocenters. The van der Waals surface area contributed by atoms with Crippen LogP contribution in [0.25, 0.3) is 0 Å². The highest BCUT2D eigenvalue weighted by molar-refractivity contribution is 5.70. The van der Waals surface area contributed by atoms with Crippen molar-refractivity contribution in [1.29, 1.82) is 0 Å². The van der Waals surface area contributed by atoms with Gasteiger partial charge in [-0.3, -0.25) is 24.2 Å². The first-order chi connectivity index (χ1) is 13.2. The molecule has 0 aromatic rings. The van der Waals surface area contributed by atoms with Gasteiger partial charge in [0.15, 0.2) is 0 Å². The molecule has 2 aliphatic heterocycles. The summed E-state index contributed by atoms with van der Waals surface area (Å²) < 4.78 is 15.6. The van der Waals surface area contributed by atoms with Gasteiger partial charge < -0.3 is 19.3 Å². The zero-order chi connectivity index (χ0) is 20.7. The van der Waals surface area contributed by atoms with Crippen LogP contribution in [0.4, 0.5) is 0 Å². The molecular weight excluding hydrogens is 368 g/mol. The number of ether oxygens (including phenoxy) is 3. The molecule has 28 heavy (non-hydrogen) atoms. The Labute approximate surface area is 165 Å². The van der Waals surface area contributed by atoms with E-state index in [1.54, 1.807) is 0 Å². The van der Waals surface area contributed by atoms with Gasteiger partial charge in [0.25, 0.3) is 0 Å². The molecule has 0 spiro atoms. The first-order valence-electron chi connectivity index (χ1n) is 9.78. The Balaban J connectivity index is 1.79. The van der Waals surface area contributed by atoms with Gasteiger partial charge in [-0.15, -0.1) is 0 Å². The van der Waals surface area contributed by atoms with Crippen molar-refractivity contribution in [3.05, 3.63) is 0 Å². The summed E-state index contributed by atoms with van der Waals surface area (Å²) >= 11 is 0. The minimum Gasteiger partial charge on any atom is -0.465 e. The molecule has 2 saturated heterocycles. The minimum atomic E-state index is -1.17. The van der Waals surface area contributed by atoms with Gasteiger partial charge in [-0.1, -0.05) is 0 Å². The summed E-state index contributed by atoms with van der Waals surface area (Å²) in [5, 5.41) is 9.85. The number of hydrogen-bond acceptors (Lipinski definition) is 9. The molecule has 2 aliphatic rings. The number of aliphatic hydroxyl groups is 1. The molecular formula is C19H32N2O7. The Morgan fingerprint density at radius 2 is 1.29 bits per heavy atom. The van der Waals surface area contributed by atoms with Gasteiger partial charge >= 0.3 is 17.9 Å². The van der Waals surface area contributed by atoms with Crippen molar-refractivity contribution in [1.82, 2.24) is 9.80 Å². The zero-order valence-corrected chi connectivity index (χ0v) is 17.0. The standard InChI is InChI=1S/C19H32N2O7/c1-14-8-20(14)6-4-17(24)27-12-19(10-22,11-26-16(3)23)13-28-18(25)5-7-21-9-15(21)2/h14-15,22H,4-13H2,1-3H3. The molecule has 1 N–H and O–H groups in total. The Hall–Kier alpha value is -1.71. The van der Waals surface area contributed by atoms with Gasteiger partial charge in [0.05, 0.1) is 24.9 Å². The van der Waals surface area contributed by atoms with Crippen LogP contribution >= 0.6 is 0 Å². The molecule has 0 saturated carbocycles. The van der Waals surface area contributed by atoms with Crippen molar-refractivity contribution in [2.24, 2.45) is 5.41 Å². The van der Waals surface area contributed by atoms with Crippen molar-refractivity contribution < 1.29 is 33.7 Å². The maximum Gasteiger partial charge on any atom is 0.307 e. The Morgan fingerprint density at radius 3 is 1.61 bits per heavy atom. The lowest BCUT2D eigenvalue weighted by Gasteiger charge is -2.30. The lowest BCUT2D eigenvalue weighted by atomic mass is 9.92. The molecule has 2 fully saturated rings. The second-order valence-corrected chi connectivity index (χ2v) is 7.95. The lowest BCUT2D eigenvalue weighted by Crippen LogP contribution is -2.42. The normalized spacial score (nSPS) is 27.4. The third-order valence-corrected chi connectivity index (χ3v) is 5.18. The minimum absolute atomic E-state index is 0.193. The molecule has 0 amide bonds. The molecule has 160 valence electrons. The average Bonchev–Trinajstić information content (AvgIpc) is 3.56. The van der Waals surface area contributed by atoms with Crippen LogP contribution in [0.2, 0.25) is 0 Å². The van der Waals surface area contributed by atoms with Crippen molar-refractivity contribution >= 4 is 17.9 Å². The van der Waals surface area contributed by atoms with Crippen molar-refractivity contribution in [2.45, 2.75) is 45.7 Å². The molecule has 0 aromatic heterocycles. The first-order valence-corrected chi connectivity index (χ1v) is 9.78. The van der Waals surface area contributed by atoms with Gasteiger partial charge in [-0.2, -0.15) is 0 Å². The molecule has 0 aromatic carbocycles. The number of nitrogens with zero attached hydrogens (tertiary/aromatic N) is 2. The largest absolute Gasteiger partial charge is 0.465 e. The number of carbonyl (C=O) groups excluding carboxylic acids is 3. The van der Waals surface area contributed by atoms with Gasteiger partial charge in [-0.25, -0.2) is 0 Å². The summed E-state index contributed by atoms with van der Waals surface area (Å²) in [7, 11) is 0. The number of esters is 3. The van der Waals surface area contributed by atoms with E-state index in [9.17, 15) is 19.5 Å². The third kappa shape index (κ3) is 7.73. The van der Waals surface area contributed by atoms with Gasteiger partial charge in [0, 0.05) is 45.2 Å². The third-order valence-electron chi connectivity index (χ3n) is 5.18. The molecule has 9 nitrogen and oxygen atoms in total. The summed E-state index contributed by atoms with van der Waals surface area (Å²) in [6.45, 7) is 7.57. The molecule has 2 rings (SSSR count). The molecule has 4 atom stereocenters. The maximum atomic E-state index is 12.0. The monoisotopic (exact) mass is 400 g/mol. The summed E-state index contributed by atoms with van der Waals surface area (Å²) in [5.74, 6) is -1.33. The van der Waals surface area contributed by atoms with Crippen LogP contribution in [-0.4, -0.2) is 97.5 Å². The number of hydrogen-bond donors (Lipinski definition) is 1. The molecule has 2 heterocycles. The van der Waals surface area contributed by atoms with Crippen molar-refractivity contribution in [3.8, 4) is 0 Å². The van der Waals surface area contributed by atoms with Crippen LogP contribution in [0, 0.1) is 5.41 Å². The van der Waals surface area contributed by atoms with E-state index in [4.69, 9.17) is 14.2 Å². The quantitative estimate of drug-likeness (QED) is 0.256. The number of rotatable bonds is 13. The van der Waals surface area contributed by atoms with Crippen LogP contribution in [0.15, 0.2) is 0 Å². The van der Waals surface area contributed by atoms with Crippen LogP contribution in [0.1, 0.15) is 33.6 Å². The fraction of sp³-hybridized carbons (Fsp3) is 0.842. The van der Waals surface area contributed by atoms with E-state index in [1.807, 2.05) is 0 Å². The highest BCUT2D eigenvalue weighted by Gasteiger charge is 2.36. The van der Waals surface area contributed by atoms with Crippen LogP contribution in [0.5, 0.6) is 0 Å².